The zero-order valence-corrected chi connectivity index (χ0v) is 12.3. The Labute approximate surface area is 127 Å². The van der Waals surface area contributed by atoms with Crippen LogP contribution in [-0.2, 0) is 4.74 Å². The summed E-state index contributed by atoms with van der Waals surface area (Å²) in [6.45, 7) is 0.324. The van der Waals surface area contributed by atoms with Crippen LogP contribution < -0.4 is 5.73 Å². The van der Waals surface area contributed by atoms with Gasteiger partial charge in [-0.05, 0) is 24.3 Å². The van der Waals surface area contributed by atoms with Gasteiger partial charge in [0.2, 0.25) is 0 Å². The number of carbonyl (C=O) groups is 1. The molecule has 0 unspecified atom stereocenters. The Balaban J connectivity index is 1.82. The van der Waals surface area contributed by atoms with Crippen LogP contribution in [0.4, 0.5) is 5.69 Å². The molecule has 2 aromatic rings. The maximum atomic E-state index is 11.9. The van der Waals surface area contributed by atoms with Crippen LogP contribution in [0.3, 0.4) is 0 Å². The summed E-state index contributed by atoms with van der Waals surface area (Å²) in [6, 6.07) is 14.9. The lowest BCUT2D eigenvalue weighted by Gasteiger charge is -2.07. The molecule has 0 aliphatic heterocycles. The molecule has 0 aliphatic carbocycles. The first kappa shape index (κ1) is 14.8. The van der Waals surface area contributed by atoms with Crippen molar-refractivity contribution in [3.63, 3.8) is 0 Å². The summed E-state index contributed by atoms with van der Waals surface area (Å²) >= 11 is 7.49. The number of hydrogen-bond donors (Lipinski definition) is 1. The highest BCUT2D eigenvalue weighted by Gasteiger charge is 2.12. The Morgan fingerprint density at radius 3 is 2.65 bits per heavy atom. The van der Waals surface area contributed by atoms with Crippen LogP contribution in [-0.4, -0.2) is 18.3 Å². The third-order valence-corrected chi connectivity index (χ3v) is 3.91. The number of esters is 1. The number of carbonyl (C=O) groups excluding carboxylic acids is 1. The molecule has 2 aromatic carbocycles. The molecule has 3 nitrogen and oxygen atoms in total. The number of nitrogens with two attached hydrogens (primary N) is 1. The summed E-state index contributed by atoms with van der Waals surface area (Å²) in [5.74, 6) is 0.245. The van der Waals surface area contributed by atoms with E-state index in [0.29, 0.717) is 22.9 Å². The summed E-state index contributed by atoms with van der Waals surface area (Å²) in [5, 5.41) is 0.359. The fourth-order valence-corrected chi connectivity index (χ4v) is 2.53. The van der Waals surface area contributed by atoms with Gasteiger partial charge in [-0.25, -0.2) is 4.79 Å². The number of rotatable bonds is 5. The monoisotopic (exact) mass is 307 g/mol. The van der Waals surface area contributed by atoms with Gasteiger partial charge in [-0.2, -0.15) is 0 Å². The fraction of sp³-hybridized carbons (Fsp3) is 0.133. The summed E-state index contributed by atoms with van der Waals surface area (Å²) in [5.41, 5.74) is 6.31. The first-order chi connectivity index (χ1) is 9.68. The maximum Gasteiger partial charge on any atom is 0.340 e. The van der Waals surface area contributed by atoms with E-state index in [0.717, 1.165) is 4.90 Å². The van der Waals surface area contributed by atoms with Crippen LogP contribution in [0.5, 0.6) is 0 Å². The molecule has 5 heteroatoms. The molecule has 20 heavy (non-hydrogen) atoms. The highest BCUT2D eigenvalue weighted by atomic mass is 35.5. The average molecular weight is 308 g/mol. The smallest absolute Gasteiger partial charge is 0.340 e. The van der Waals surface area contributed by atoms with Gasteiger partial charge in [0.15, 0.2) is 0 Å². The van der Waals surface area contributed by atoms with E-state index in [1.54, 1.807) is 30.0 Å². The van der Waals surface area contributed by atoms with Crippen LogP contribution in [0.25, 0.3) is 0 Å². The molecule has 0 spiro atoms. The largest absolute Gasteiger partial charge is 0.461 e. The summed E-state index contributed by atoms with van der Waals surface area (Å²) in [7, 11) is 0. The van der Waals surface area contributed by atoms with Gasteiger partial charge in [-0.1, -0.05) is 35.9 Å². The van der Waals surface area contributed by atoms with Gasteiger partial charge in [0.1, 0.15) is 6.61 Å². The number of thioether (sulfide) groups is 1. The Kier molecular flexibility index (Phi) is 5.32. The predicted molar refractivity (Wildman–Crippen MR) is 83.3 cm³/mol. The third-order valence-electron chi connectivity index (χ3n) is 2.60. The lowest BCUT2D eigenvalue weighted by Crippen LogP contribution is -2.10. The minimum absolute atomic E-state index is 0.259. The van der Waals surface area contributed by atoms with Gasteiger partial charge in [-0.15, -0.1) is 11.8 Å². The molecule has 0 atom stereocenters. The lowest BCUT2D eigenvalue weighted by atomic mass is 10.2. The second-order valence-electron chi connectivity index (χ2n) is 4.00. The molecule has 2 rings (SSSR count). The van der Waals surface area contributed by atoms with E-state index in [9.17, 15) is 4.79 Å². The topological polar surface area (TPSA) is 52.3 Å². The standard InChI is InChI=1S/C15H14ClNO2S/c16-13-8-4-7-12(14(13)17)15(18)19-9-10-20-11-5-2-1-3-6-11/h1-8H,9-10,17H2. The molecular weight excluding hydrogens is 294 g/mol. The number of halogens is 1. The number of hydrogen-bond acceptors (Lipinski definition) is 4. The minimum atomic E-state index is -0.446. The van der Waals surface area contributed by atoms with Crippen LogP contribution in [0.2, 0.25) is 5.02 Å². The van der Waals surface area contributed by atoms with E-state index < -0.39 is 5.97 Å². The van der Waals surface area contributed by atoms with E-state index in [4.69, 9.17) is 22.1 Å². The highest BCUT2D eigenvalue weighted by Crippen LogP contribution is 2.23. The van der Waals surface area contributed by atoms with E-state index in [1.807, 2.05) is 30.3 Å². The van der Waals surface area contributed by atoms with E-state index >= 15 is 0 Å². The lowest BCUT2D eigenvalue weighted by molar-refractivity contribution is 0.0531. The maximum absolute atomic E-state index is 11.9. The number of nitrogen functional groups attached to an aromatic ring is 1. The summed E-state index contributed by atoms with van der Waals surface area (Å²) < 4.78 is 5.19. The van der Waals surface area contributed by atoms with Gasteiger partial charge < -0.3 is 10.5 Å². The molecule has 0 bridgehead atoms. The number of benzene rings is 2. The zero-order chi connectivity index (χ0) is 14.4. The molecule has 0 amide bonds. The molecule has 0 fully saturated rings. The zero-order valence-electron chi connectivity index (χ0n) is 10.7. The van der Waals surface area contributed by atoms with Crippen molar-refractivity contribution in [2.24, 2.45) is 0 Å². The normalized spacial score (nSPS) is 10.2. The SMILES string of the molecule is Nc1c(Cl)cccc1C(=O)OCCSc1ccccc1. The van der Waals surface area contributed by atoms with Gasteiger partial charge in [0.05, 0.1) is 16.3 Å². The van der Waals surface area contributed by atoms with Crippen molar-refractivity contribution in [2.45, 2.75) is 4.90 Å². The molecule has 0 heterocycles. The first-order valence-electron chi connectivity index (χ1n) is 6.07. The van der Waals surface area contributed by atoms with Gasteiger partial charge in [0.25, 0.3) is 0 Å². The van der Waals surface area contributed by atoms with E-state index in [-0.39, 0.29) is 5.69 Å². The van der Waals surface area contributed by atoms with Crippen LogP contribution >= 0.6 is 23.4 Å². The molecule has 0 aliphatic rings. The average Bonchev–Trinajstić information content (AvgIpc) is 2.47. The van der Waals surface area contributed by atoms with Crippen molar-refractivity contribution in [2.75, 3.05) is 18.1 Å². The van der Waals surface area contributed by atoms with Crippen molar-refractivity contribution in [3.8, 4) is 0 Å². The van der Waals surface area contributed by atoms with Gasteiger partial charge in [0, 0.05) is 10.6 Å². The van der Waals surface area contributed by atoms with Crippen molar-refractivity contribution >= 4 is 35.0 Å². The van der Waals surface area contributed by atoms with Crippen LogP contribution in [0.15, 0.2) is 53.4 Å². The summed E-state index contributed by atoms with van der Waals surface area (Å²) in [4.78, 5) is 13.0. The summed E-state index contributed by atoms with van der Waals surface area (Å²) in [6.07, 6.45) is 0. The van der Waals surface area contributed by atoms with Crippen LogP contribution in [0.1, 0.15) is 10.4 Å². The predicted octanol–water partition coefficient (Wildman–Crippen LogP) is 3.87. The van der Waals surface area contributed by atoms with Crippen LogP contribution in [0, 0.1) is 0 Å². The van der Waals surface area contributed by atoms with Crippen molar-refractivity contribution in [1.29, 1.82) is 0 Å². The first-order valence-corrected chi connectivity index (χ1v) is 7.44. The quantitative estimate of drug-likeness (QED) is 0.394. The fourth-order valence-electron chi connectivity index (χ4n) is 1.60. The minimum Gasteiger partial charge on any atom is -0.461 e. The number of anilines is 1. The van der Waals surface area contributed by atoms with E-state index in [2.05, 4.69) is 0 Å². The molecule has 0 saturated carbocycles. The Hall–Kier alpha value is -1.65. The molecule has 2 N–H and O–H groups in total. The Bertz CT molecular complexity index is 590. The van der Waals surface area contributed by atoms with E-state index in [1.165, 1.54) is 0 Å². The Morgan fingerprint density at radius 1 is 1.15 bits per heavy atom. The van der Waals surface area contributed by atoms with Gasteiger partial charge >= 0.3 is 5.97 Å². The number of ether oxygens (including phenoxy) is 1. The third kappa shape index (κ3) is 3.92. The second-order valence-corrected chi connectivity index (χ2v) is 5.57. The second kappa shape index (κ2) is 7.22. The molecule has 104 valence electrons. The van der Waals surface area contributed by atoms with Gasteiger partial charge in [-0.3, -0.25) is 0 Å². The Morgan fingerprint density at radius 2 is 1.90 bits per heavy atom. The molecule has 0 aromatic heterocycles. The molecule has 0 radical (unpaired) electrons. The highest BCUT2D eigenvalue weighted by molar-refractivity contribution is 7.99. The number of para-hydroxylation sites is 1. The van der Waals surface area contributed by atoms with Crippen molar-refractivity contribution in [3.05, 3.63) is 59.1 Å². The van der Waals surface area contributed by atoms with Crippen molar-refractivity contribution < 1.29 is 9.53 Å². The van der Waals surface area contributed by atoms with Crippen molar-refractivity contribution in [1.82, 2.24) is 0 Å². The molecule has 0 saturated heterocycles. The molecular formula is C15H14ClNO2S.